The van der Waals surface area contributed by atoms with Crippen molar-refractivity contribution in [2.45, 2.75) is 89.3 Å². The third kappa shape index (κ3) is 3.16. The first-order chi connectivity index (χ1) is 15.4. The van der Waals surface area contributed by atoms with Gasteiger partial charge >= 0.3 is 0 Å². The average molecular weight is 445 g/mol. The lowest BCUT2D eigenvalue weighted by Crippen LogP contribution is -2.42. The molecule has 2 aromatic rings. The highest BCUT2D eigenvalue weighted by molar-refractivity contribution is 6.87. The SMILES string of the molecule is CC(C)[Si](/C=C\Oc1ccc(-c2ccccc2)c2c1C1C3CCC(C3)C21)(C(C)C)C(C)C. The van der Waals surface area contributed by atoms with E-state index >= 15 is 0 Å². The smallest absolute Gasteiger partial charge is 0.130 e. The van der Waals surface area contributed by atoms with Crippen LogP contribution in [0.25, 0.3) is 11.1 Å². The van der Waals surface area contributed by atoms with E-state index in [4.69, 9.17) is 4.74 Å². The van der Waals surface area contributed by atoms with Crippen molar-refractivity contribution < 1.29 is 4.74 Å². The van der Waals surface area contributed by atoms with Gasteiger partial charge in [0.05, 0.1) is 14.3 Å². The van der Waals surface area contributed by atoms with Crippen LogP contribution < -0.4 is 4.74 Å². The fourth-order valence-electron chi connectivity index (χ4n) is 8.12. The molecule has 3 aliphatic carbocycles. The Bertz CT molecular complexity index is 981. The van der Waals surface area contributed by atoms with Gasteiger partial charge in [0, 0.05) is 5.56 Å². The van der Waals surface area contributed by atoms with Gasteiger partial charge in [0.2, 0.25) is 0 Å². The summed E-state index contributed by atoms with van der Waals surface area (Å²) in [5.41, 5.74) is 10.6. The Morgan fingerprint density at radius 2 is 1.38 bits per heavy atom. The minimum atomic E-state index is -1.60. The van der Waals surface area contributed by atoms with Crippen molar-refractivity contribution in [3.8, 4) is 16.9 Å². The molecule has 0 aromatic heterocycles. The van der Waals surface area contributed by atoms with Crippen molar-refractivity contribution >= 4 is 8.07 Å². The zero-order valence-corrected chi connectivity index (χ0v) is 21.8. The maximum atomic E-state index is 6.54. The Labute approximate surface area is 196 Å². The summed E-state index contributed by atoms with van der Waals surface area (Å²) in [6, 6.07) is 15.6. The molecule has 0 radical (unpaired) electrons. The van der Waals surface area contributed by atoms with E-state index in [0.717, 1.165) is 29.4 Å². The summed E-state index contributed by atoms with van der Waals surface area (Å²) >= 11 is 0. The van der Waals surface area contributed by atoms with Crippen molar-refractivity contribution in [2.75, 3.05) is 0 Å². The van der Waals surface area contributed by atoms with Gasteiger partial charge in [-0.25, -0.2) is 0 Å². The molecule has 0 aliphatic heterocycles. The molecule has 1 nitrogen and oxygen atoms in total. The topological polar surface area (TPSA) is 9.23 Å². The minimum absolute atomic E-state index is 0.709. The van der Waals surface area contributed by atoms with E-state index in [2.05, 4.69) is 96.0 Å². The number of fused-ring (bicyclic) bond motifs is 8. The zero-order valence-electron chi connectivity index (χ0n) is 20.8. The van der Waals surface area contributed by atoms with E-state index in [1.165, 1.54) is 30.4 Å². The number of rotatable bonds is 7. The first-order valence-electron chi connectivity index (χ1n) is 12.9. The quantitative estimate of drug-likeness (QED) is 0.305. The molecule has 2 fully saturated rings. The maximum absolute atomic E-state index is 6.54. The van der Waals surface area contributed by atoms with Crippen molar-refractivity contribution in [2.24, 2.45) is 11.8 Å². The van der Waals surface area contributed by atoms with Crippen LogP contribution in [0.2, 0.25) is 16.6 Å². The van der Waals surface area contributed by atoms with Gasteiger partial charge in [0.15, 0.2) is 0 Å². The summed E-state index contributed by atoms with van der Waals surface area (Å²) in [6.45, 7) is 14.5. The second kappa shape index (κ2) is 8.20. The maximum Gasteiger partial charge on any atom is 0.130 e. The van der Waals surface area contributed by atoms with Crippen LogP contribution in [0.1, 0.15) is 83.8 Å². The van der Waals surface area contributed by atoms with E-state index in [1.54, 1.807) is 11.1 Å². The first kappa shape index (κ1) is 22.0. The molecule has 2 bridgehead atoms. The third-order valence-electron chi connectivity index (χ3n) is 9.47. The van der Waals surface area contributed by atoms with E-state index in [9.17, 15) is 0 Å². The molecule has 4 unspecified atom stereocenters. The molecule has 2 aromatic carbocycles. The second-order valence-electron chi connectivity index (χ2n) is 11.6. The number of hydrogen-bond donors (Lipinski definition) is 0. The summed E-state index contributed by atoms with van der Waals surface area (Å²) < 4.78 is 6.54. The number of benzene rings is 2. The van der Waals surface area contributed by atoms with Crippen LogP contribution in [-0.4, -0.2) is 8.07 Å². The summed E-state index contributed by atoms with van der Waals surface area (Å²) in [6.07, 6.45) is 6.36. The normalized spacial score (nSPS) is 26.2. The molecule has 3 aliphatic rings. The summed E-state index contributed by atoms with van der Waals surface area (Å²) in [7, 11) is -1.60. The van der Waals surface area contributed by atoms with Gasteiger partial charge in [-0.2, -0.15) is 0 Å². The van der Waals surface area contributed by atoms with Crippen molar-refractivity contribution in [1.29, 1.82) is 0 Å². The van der Waals surface area contributed by atoms with Gasteiger partial charge in [-0.15, -0.1) is 0 Å². The van der Waals surface area contributed by atoms with Gasteiger partial charge in [-0.1, -0.05) is 83.6 Å². The molecule has 5 rings (SSSR count). The van der Waals surface area contributed by atoms with Gasteiger partial charge < -0.3 is 4.74 Å². The molecular formula is C30H40OSi. The van der Waals surface area contributed by atoms with Gasteiger partial charge in [-0.05, 0) is 82.3 Å². The van der Waals surface area contributed by atoms with Crippen molar-refractivity contribution in [3.05, 3.63) is 65.6 Å². The molecule has 0 N–H and O–H groups in total. The van der Waals surface area contributed by atoms with Crippen molar-refractivity contribution in [1.82, 2.24) is 0 Å². The highest BCUT2D eigenvalue weighted by atomic mass is 28.3. The standard InChI is InChI=1S/C30H40OSi/c1-19(2)32(20(3)4,21(5)6)17-16-31-26-15-14-25(22-10-8-7-9-11-22)29-27-23-12-13-24(18-23)28(27)30(26)29/h7-11,14-17,19-21,23-24,27-28H,12-13,18H2,1-6H3/b17-16-. The first-order valence-corrected chi connectivity index (χ1v) is 15.2. The minimum Gasteiger partial charge on any atom is -0.465 e. The average Bonchev–Trinajstić information content (AvgIpc) is 3.32. The highest BCUT2D eigenvalue weighted by Crippen LogP contribution is 2.70. The predicted molar refractivity (Wildman–Crippen MR) is 139 cm³/mol. The van der Waals surface area contributed by atoms with E-state index in [1.807, 2.05) is 0 Å². The molecular weight excluding hydrogens is 404 g/mol. The van der Waals surface area contributed by atoms with Gasteiger partial charge in [0.1, 0.15) is 5.75 Å². The molecule has 0 spiro atoms. The number of hydrogen-bond acceptors (Lipinski definition) is 1. The van der Waals surface area contributed by atoms with Crippen LogP contribution in [0.3, 0.4) is 0 Å². The molecule has 170 valence electrons. The lowest BCUT2D eigenvalue weighted by atomic mass is 9.59. The van der Waals surface area contributed by atoms with E-state index in [0.29, 0.717) is 16.6 Å². The van der Waals surface area contributed by atoms with E-state index in [-0.39, 0.29) is 0 Å². The van der Waals surface area contributed by atoms with Crippen LogP contribution in [-0.2, 0) is 0 Å². The van der Waals surface area contributed by atoms with Gasteiger partial charge in [0.25, 0.3) is 0 Å². The molecule has 0 saturated heterocycles. The van der Waals surface area contributed by atoms with Crippen LogP contribution in [0.5, 0.6) is 5.75 Å². The summed E-state index contributed by atoms with van der Waals surface area (Å²) in [4.78, 5) is 0. The Kier molecular flexibility index (Phi) is 5.64. The van der Waals surface area contributed by atoms with Crippen LogP contribution in [0, 0.1) is 11.8 Å². The van der Waals surface area contributed by atoms with Crippen LogP contribution in [0.15, 0.2) is 54.4 Å². The lowest BCUT2D eigenvalue weighted by molar-refractivity contribution is 0.312. The van der Waals surface area contributed by atoms with E-state index < -0.39 is 8.07 Å². The summed E-state index contributed by atoms with van der Waals surface area (Å²) in [5.74, 6) is 4.41. The van der Waals surface area contributed by atoms with Crippen LogP contribution in [0.4, 0.5) is 0 Å². The summed E-state index contributed by atoms with van der Waals surface area (Å²) in [5, 5.41) is 0. The molecule has 32 heavy (non-hydrogen) atoms. The van der Waals surface area contributed by atoms with Crippen LogP contribution >= 0.6 is 0 Å². The molecule has 0 heterocycles. The molecule has 0 amide bonds. The second-order valence-corrected chi connectivity index (χ2v) is 17.4. The number of ether oxygens (including phenoxy) is 1. The highest BCUT2D eigenvalue weighted by Gasteiger charge is 2.57. The molecule has 4 atom stereocenters. The largest absolute Gasteiger partial charge is 0.465 e. The fraction of sp³-hybridized carbons (Fsp3) is 0.533. The zero-order chi connectivity index (χ0) is 22.6. The Balaban J connectivity index is 1.52. The molecule has 2 saturated carbocycles. The van der Waals surface area contributed by atoms with Crippen molar-refractivity contribution in [3.63, 3.8) is 0 Å². The molecule has 2 heteroatoms. The Hall–Kier alpha value is -1.80. The Morgan fingerprint density at radius 1 is 0.781 bits per heavy atom. The van der Waals surface area contributed by atoms with Gasteiger partial charge in [-0.3, -0.25) is 0 Å². The predicted octanol–water partition coefficient (Wildman–Crippen LogP) is 9.07. The Morgan fingerprint density at radius 3 is 1.97 bits per heavy atom. The fourth-order valence-corrected chi connectivity index (χ4v) is 13.6. The third-order valence-corrected chi connectivity index (χ3v) is 16.2. The lowest BCUT2D eigenvalue weighted by Gasteiger charge is -2.45. The monoisotopic (exact) mass is 444 g/mol.